The first-order valence-electron chi connectivity index (χ1n) is 5.75. The standard InChI is InChI=1S/C13H12ClN3O2/c1-2-15-12(18)10-7-16-11(17-13(10)19)8-3-5-9(14)6-4-8/h3-7H,2H2,1H3,(H,15,18)(H,16,17,19). The Kier molecular flexibility index (Phi) is 3.97. The van der Waals surface area contributed by atoms with Gasteiger partial charge in [0.25, 0.3) is 11.5 Å². The van der Waals surface area contributed by atoms with Crippen LogP contribution in [0.4, 0.5) is 0 Å². The lowest BCUT2D eigenvalue weighted by atomic mass is 10.2. The van der Waals surface area contributed by atoms with Gasteiger partial charge in [0.05, 0.1) is 0 Å². The number of halogens is 1. The maximum absolute atomic E-state index is 11.8. The molecule has 0 fully saturated rings. The molecule has 2 aromatic rings. The summed E-state index contributed by atoms with van der Waals surface area (Å²) in [5, 5.41) is 3.15. The molecule has 1 amide bonds. The molecule has 1 heterocycles. The highest BCUT2D eigenvalue weighted by Gasteiger charge is 2.11. The number of aromatic nitrogens is 2. The molecule has 5 nitrogen and oxygen atoms in total. The van der Waals surface area contributed by atoms with Gasteiger partial charge >= 0.3 is 0 Å². The minimum Gasteiger partial charge on any atom is -0.352 e. The molecule has 98 valence electrons. The van der Waals surface area contributed by atoms with Crippen molar-refractivity contribution in [3.05, 3.63) is 51.4 Å². The highest BCUT2D eigenvalue weighted by atomic mass is 35.5. The Labute approximate surface area is 114 Å². The summed E-state index contributed by atoms with van der Waals surface area (Å²) in [4.78, 5) is 30.0. The van der Waals surface area contributed by atoms with Crippen LogP contribution < -0.4 is 10.9 Å². The van der Waals surface area contributed by atoms with Crippen LogP contribution in [-0.4, -0.2) is 22.4 Å². The molecular formula is C13H12ClN3O2. The van der Waals surface area contributed by atoms with E-state index in [1.165, 1.54) is 6.20 Å². The highest BCUT2D eigenvalue weighted by molar-refractivity contribution is 6.30. The molecule has 0 radical (unpaired) electrons. The number of rotatable bonds is 3. The van der Waals surface area contributed by atoms with Crippen molar-refractivity contribution < 1.29 is 4.79 Å². The average molecular weight is 278 g/mol. The fourth-order valence-electron chi connectivity index (χ4n) is 1.57. The topological polar surface area (TPSA) is 74.8 Å². The van der Waals surface area contributed by atoms with E-state index in [1.807, 2.05) is 0 Å². The summed E-state index contributed by atoms with van der Waals surface area (Å²) >= 11 is 5.79. The molecule has 0 aliphatic heterocycles. The van der Waals surface area contributed by atoms with Crippen LogP contribution in [0.3, 0.4) is 0 Å². The summed E-state index contributed by atoms with van der Waals surface area (Å²) in [5.74, 6) is -0.0337. The lowest BCUT2D eigenvalue weighted by Crippen LogP contribution is -2.29. The zero-order chi connectivity index (χ0) is 13.8. The lowest BCUT2D eigenvalue weighted by molar-refractivity contribution is 0.0954. The van der Waals surface area contributed by atoms with Crippen LogP contribution in [0.15, 0.2) is 35.3 Å². The van der Waals surface area contributed by atoms with Crippen molar-refractivity contribution in [3.8, 4) is 11.4 Å². The molecule has 0 aliphatic carbocycles. The van der Waals surface area contributed by atoms with Crippen molar-refractivity contribution in [2.24, 2.45) is 0 Å². The summed E-state index contributed by atoms with van der Waals surface area (Å²) in [6.07, 6.45) is 1.27. The smallest absolute Gasteiger partial charge is 0.264 e. The molecule has 0 saturated heterocycles. The van der Waals surface area contributed by atoms with E-state index in [0.717, 1.165) is 5.56 Å². The van der Waals surface area contributed by atoms with Gasteiger partial charge in [-0.15, -0.1) is 0 Å². The predicted octanol–water partition coefficient (Wildman–Crippen LogP) is 1.84. The molecule has 1 aromatic heterocycles. The number of aromatic amines is 1. The Morgan fingerprint density at radius 3 is 2.63 bits per heavy atom. The van der Waals surface area contributed by atoms with Crippen LogP contribution in [0.1, 0.15) is 17.3 Å². The third-order valence-corrected chi connectivity index (χ3v) is 2.75. The fourth-order valence-corrected chi connectivity index (χ4v) is 1.69. The minimum absolute atomic E-state index is 0.000404. The second-order valence-electron chi connectivity index (χ2n) is 3.84. The van der Waals surface area contributed by atoms with Gasteiger partial charge in [-0.2, -0.15) is 0 Å². The van der Waals surface area contributed by atoms with Crippen LogP contribution in [0.25, 0.3) is 11.4 Å². The average Bonchev–Trinajstić information content (AvgIpc) is 2.39. The first kappa shape index (κ1) is 13.3. The largest absolute Gasteiger partial charge is 0.352 e. The van der Waals surface area contributed by atoms with E-state index in [2.05, 4.69) is 15.3 Å². The van der Waals surface area contributed by atoms with Crippen molar-refractivity contribution in [2.45, 2.75) is 6.92 Å². The van der Waals surface area contributed by atoms with E-state index in [1.54, 1.807) is 31.2 Å². The molecule has 0 aliphatic rings. The van der Waals surface area contributed by atoms with Crippen molar-refractivity contribution in [2.75, 3.05) is 6.54 Å². The maximum Gasteiger partial charge on any atom is 0.264 e. The summed E-state index contributed by atoms with van der Waals surface area (Å²) in [6.45, 7) is 2.23. The Morgan fingerprint density at radius 1 is 1.37 bits per heavy atom. The van der Waals surface area contributed by atoms with Gasteiger partial charge < -0.3 is 10.3 Å². The van der Waals surface area contributed by atoms with Gasteiger partial charge in [-0.3, -0.25) is 9.59 Å². The molecule has 19 heavy (non-hydrogen) atoms. The zero-order valence-corrected chi connectivity index (χ0v) is 11.0. The molecule has 0 spiro atoms. The zero-order valence-electron chi connectivity index (χ0n) is 10.2. The van der Waals surface area contributed by atoms with Gasteiger partial charge in [0.1, 0.15) is 11.4 Å². The third kappa shape index (κ3) is 3.00. The van der Waals surface area contributed by atoms with E-state index in [0.29, 0.717) is 17.4 Å². The molecule has 1 aromatic carbocycles. The van der Waals surface area contributed by atoms with Crippen molar-refractivity contribution in [1.29, 1.82) is 0 Å². The van der Waals surface area contributed by atoms with Crippen molar-refractivity contribution >= 4 is 17.5 Å². The molecule has 0 unspecified atom stereocenters. The van der Waals surface area contributed by atoms with Gasteiger partial charge in [0.2, 0.25) is 0 Å². The van der Waals surface area contributed by atoms with E-state index < -0.39 is 11.5 Å². The molecule has 0 bridgehead atoms. The Balaban J connectivity index is 2.36. The van der Waals surface area contributed by atoms with Gasteiger partial charge in [-0.1, -0.05) is 11.6 Å². The molecule has 0 atom stereocenters. The molecule has 6 heteroatoms. The molecule has 0 saturated carbocycles. The SMILES string of the molecule is CCNC(=O)c1cnc(-c2ccc(Cl)cc2)[nH]c1=O. The number of nitrogens with one attached hydrogen (secondary N) is 2. The molecule has 2 N–H and O–H groups in total. The Bertz CT molecular complexity index is 650. The normalized spacial score (nSPS) is 10.2. The highest BCUT2D eigenvalue weighted by Crippen LogP contribution is 2.16. The number of amides is 1. The Morgan fingerprint density at radius 2 is 2.05 bits per heavy atom. The number of carbonyl (C=O) groups excluding carboxylic acids is 1. The monoisotopic (exact) mass is 277 g/mol. The summed E-state index contributed by atoms with van der Waals surface area (Å²) in [5.41, 5.74) is 0.259. The van der Waals surface area contributed by atoms with Crippen molar-refractivity contribution in [3.63, 3.8) is 0 Å². The lowest BCUT2D eigenvalue weighted by Gasteiger charge is -2.03. The van der Waals surface area contributed by atoms with Crippen LogP contribution in [0, 0.1) is 0 Å². The first-order valence-corrected chi connectivity index (χ1v) is 6.13. The fraction of sp³-hybridized carbons (Fsp3) is 0.154. The number of hydrogen-bond acceptors (Lipinski definition) is 3. The number of H-pyrrole nitrogens is 1. The maximum atomic E-state index is 11.8. The summed E-state index contributed by atoms with van der Waals surface area (Å²) in [7, 11) is 0. The number of nitrogens with zero attached hydrogens (tertiary/aromatic N) is 1. The van der Waals surface area contributed by atoms with Gasteiger partial charge in [0.15, 0.2) is 0 Å². The van der Waals surface area contributed by atoms with E-state index >= 15 is 0 Å². The number of benzene rings is 1. The molecular weight excluding hydrogens is 266 g/mol. The second kappa shape index (κ2) is 5.67. The van der Waals surface area contributed by atoms with Gasteiger partial charge in [-0.25, -0.2) is 4.98 Å². The number of hydrogen-bond donors (Lipinski definition) is 2. The van der Waals surface area contributed by atoms with Crippen LogP contribution in [0.5, 0.6) is 0 Å². The van der Waals surface area contributed by atoms with Crippen LogP contribution in [0.2, 0.25) is 5.02 Å². The second-order valence-corrected chi connectivity index (χ2v) is 4.28. The van der Waals surface area contributed by atoms with Crippen LogP contribution >= 0.6 is 11.6 Å². The summed E-state index contributed by atoms with van der Waals surface area (Å²) < 4.78 is 0. The number of carbonyl (C=O) groups is 1. The van der Waals surface area contributed by atoms with Crippen molar-refractivity contribution in [1.82, 2.24) is 15.3 Å². The Hall–Kier alpha value is -2.14. The van der Waals surface area contributed by atoms with Crippen LogP contribution in [-0.2, 0) is 0 Å². The minimum atomic E-state index is -0.467. The summed E-state index contributed by atoms with van der Waals surface area (Å²) in [6, 6.07) is 6.89. The van der Waals surface area contributed by atoms with Gasteiger partial charge in [0, 0.05) is 23.3 Å². The van der Waals surface area contributed by atoms with Gasteiger partial charge in [-0.05, 0) is 31.2 Å². The quantitative estimate of drug-likeness (QED) is 0.899. The predicted molar refractivity (Wildman–Crippen MR) is 73.3 cm³/mol. The van der Waals surface area contributed by atoms with E-state index in [9.17, 15) is 9.59 Å². The molecule has 2 rings (SSSR count). The van der Waals surface area contributed by atoms with E-state index in [-0.39, 0.29) is 5.56 Å². The first-order chi connectivity index (χ1) is 9.11. The third-order valence-electron chi connectivity index (χ3n) is 2.50. The van der Waals surface area contributed by atoms with E-state index in [4.69, 9.17) is 11.6 Å².